The number of sulfonamides is 1. The maximum absolute atomic E-state index is 13.5. The first-order chi connectivity index (χ1) is 14.3. The van der Waals surface area contributed by atoms with Crippen molar-refractivity contribution in [3.8, 4) is 0 Å². The van der Waals surface area contributed by atoms with E-state index in [1.807, 2.05) is 0 Å². The molecule has 2 N–H and O–H groups in total. The fraction of sp³-hybridized carbons (Fsp3) is 0. The lowest BCUT2D eigenvalue weighted by atomic mass is 10.3. The molecule has 0 aliphatic carbocycles. The number of fused-ring (bicyclic) bond motifs is 1. The fourth-order valence-corrected chi connectivity index (χ4v) is 4.18. The summed E-state index contributed by atoms with van der Waals surface area (Å²) < 4.78 is 41.6. The first-order valence-electron chi connectivity index (χ1n) is 8.59. The zero-order valence-corrected chi connectivity index (χ0v) is 17.4. The van der Waals surface area contributed by atoms with Crippen LogP contribution in [0.4, 0.5) is 21.7 Å². The lowest BCUT2D eigenvalue weighted by molar-refractivity contribution is 0.601. The number of rotatable bonds is 5. The molecule has 0 saturated carbocycles. The Morgan fingerprint density at radius 1 is 0.833 bits per heavy atom. The molecule has 0 saturated heterocycles. The summed E-state index contributed by atoms with van der Waals surface area (Å²) in [6.07, 6.45) is 0. The van der Waals surface area contributed by atoms with E-state index in [0.29, 0.717) is 16.7 Å². The maximum atomic E-state index is 13.5. The van der Waals surface area contributed by atoms with Crippen molar-refractivity contribution in [2.75, 3.05) is 10.0 Å². The number of nitrogens with one attached hydrogen (secondary N) is 2. The molecule has 30 heavy (non-hydrogen) atoms. The summed E-state index contributed by atoms with van der Waals surface area (Å²) in [6, 6.07) is 16.8. The van der Waals surface area contributed by atoms with Gasteiger partial charge in [0.2, 0.25) is 0 Å². The van der Waals surface area contributed by atoms with Crippen molar-refractivity contribution in [1.82, 2.24) is 9.97 Å². The molecule has 1 heterocycles. The number of hydrogen-bond donors (Lipinski definition) is 2. The van der Waals surface area contributed by atoms with Gasteiger partial charge in [-0.1, -0.05) is 41.4 Å². The van der Waals surface area contributed by atoms with Crippen molar-refractivity contribution in [3.05, 3.63) is 82.6 Å². The Bertz CT molecular complexity index is 1370. The number of hydrogen-bond acceptors (Lipinski definition) is 5. The highest BCUT2D eigenvalue weighted by Gasteiger charge is 2.19. The molecule has 0 aliphatic heterocycles. The normalized spacial score (nSPS) is 11.4. The smallest absolute Gasteiger partial charge is 0.263 e. The molecule has 4 rings (SSSR count). The van der Waals surface area contributed by atoms with E-state index < -0.39 is 15.8 Å². The minimum absolute atomic E-state index is 0.0271. The molecule has 10 heteroatoms. The van der Waals surface area contributed by atoms with Gasteiger partial charge < -0.3 is 5.32 Å². The van der Waals surface area contributed by atoms with Crippen LogP contribution in [0, 0.1) is 5.82 Å². The van der Waals surface area contributed by atoms with Gasteiger partial charge in [-0.25, -0.2) is 22.8 Å². The van der Waals surface area contributed by atoms with Gasteiger partial charge in [0.05, 0.1) is 21.0 Å². The second-order valence-electron chi connectivity index (χ2n) is 6.23. The van der Waals surface area contributed by atoms with Crippen LogP contribution in [0.1, 0.15) is 0 Å². The molecular formula is C20H13Cl2FN4O2S. The Labute approximate surface area is 181 Å². The zero-order chi connectivity index (χ0) is 21.3. The average molecular weight is 463 g/mol. The van der Waals surface area contributed by atoms with Crippen LogP contribution in [0.2, 0.25) is 10.0 Å². The summed E-state index contributed by atoms with van der Waals surface area (Å²) in [7, 11) is -4.00. The summed E-state index contributed by atoms with van der Waals surface area (Å²) in [5, 5.41) is 3.13. The summed E-state index contributed by atoms with van der Waals surface area (Å²) in [5.41, 5.74) is 1.44. The molecule has 0 atom stereocenters. The predicted molar refractivity (Wildman–Crippen MR) is 116 cm³/mol. The highest BCUT2D eigenvalue weighted by atomic mass is 35.5. The van der Waals surface area contributed by atoms with E-state index in [2.05, 4.69) is 20.0 Å². The average Bonchev–Trinajstić information content (AvgIpc) is 2.71. The van der Waals surface area contributed by atoms with Gasteiger partial charge >= 0.3 is 0 Å². The van der Waals surface area contributed by atoms with Crippen molar-refractivity contribution in [1.29, 1.82) is 0 Å². The van der Waals surface area contributed by atoms with Gasteiger partial charge in [-0.05, 0) is 48.5 Å². The van der Waals surface area contributed by atoms with E-state index in [1.54, 1.807) is 30.3 Å². The molecule has 1 aromatic heterocycles. The van der Waals surface area contributed by atoms with E-state index in [1.165, 1.54) is 36.4 Å². The Balaban J connectivity index is 1.79. The first kappa shape index (κ1) is 20.3. The molecule has 6 nitrogen and oxygen atoms in total. The molecule has 0 fully saturated rings. The molecule has 0 unspecified atom stereocenters. The van der Waals surface area contributed by atoms with Crippen LogP contribution in [0.5, 0.6) is 0 Å². The fourth-order valence-electron chi connectivity index (χ4n) is 2.69. The Hall–Kier alpha value is -2.94. The standard InChI is InChI=1S/C20H13Cl2FN4O2S/c21-12-4-3-5-14(10-12)30(28,29)27-20-19(24-13-8-9-16(23)15(22)11-13)25-17-6-1-2-7-18(17)26-20/h1-11H,(H,24,25)(H,26,27). The largest absolute Gasteiger partial charge is 0.337 e. The second kappa shape index (κ2) is 8.06. The number of aromatic nitrogens is 2. The lowest BCUT2D eigenvalue weighted by Crippen LogP contribution is -2.16. The summed E-state index contributed by atoms with van der Waals surface area (Å²) >= 11 is 11.8. The van der Waals surface area contributed by atoms with Crippen molar-refractivity contribution >= 4 is 61.6 Å². The molecule has 4 aromatic rings. The minimum atomic E-state index is -4.00. The molecule has 0 amide bonds. The van der Waals surface area contributed by atoms with Gasteiger partial charge in [-0.2, -0.15) is 0 Å². The van der Waals surface area contributed by atoms with Gasteiger partial charge in [-0.3, -0.25) is 4.72 Å². The van der Waals surface area contributed by atoms with Crippen molar-refractivity contribution < 1.29 is 12.8 Å². The Morgan fingerprint density at radius 2 is 1.53 bits per heavy atom. The summed E-state index contributed by atoms with van der Waals surface area (Å²) in [5.74, 6) is -0.482. The first-order valence-corrected chi connectivity index (χ1v) is 10.8. The highest BCUT2D eigenvalue weighted by molar-refractivity contribution is 7.92. The minimum Gasteiger partial charge on any atom is -0.337 e. The van der Waals surface area contributed by atoms with Gasteiger partial charge in [0.25, 0.3) is 10.0 Å². The van der Waals surface area contributed by atoms with E-state index in [0.717, 1.165) is 0 Å². The quantitative estimate of drug-likeness (QED) is 0.402. The van der Waals surface area contributed by atoms with E-state index in [4.69, 9.17) is 23.2 Å². The topological polar surface area (TPSA) is 84.0 Å². The SMILES string of the molecule is O=S(=O)(Nc1nc2ccccc2nc1Nc1ccc(F)c(Cl)c1)c1cccc(Cl)c1. The summed E-state index contributed by atoms with van der Waals surface area (Å²) in [4.78, 5) is 8.82. The van der Waals surface area contributed by atoms with E-state index in [9.17, 15) is 12.8 Å². The van der Waals surface area contributed by atoms with Gasteiger partial charge in [0.15, 0.2) is 11.6 Å². The number of nitrogens with zero attached hydrogens (tertiary/aromatic N) is 2. The lowest BCUT2D eigenvalue weighted by Gasteiger charge is -2.14. The third-order valence-corrected chi connectivity index (χ3v) is 5.95. The Morgan fingerprint density at radius 3 is 2.20 bits per heavy atom. The van der Waals surface area contributed by atoms with Crippen LogP contribution in [-0.2, 0) is 10.0 Å². The number of benzene rings is 3. The van der Waals surface area contributed by atoms with Crippen LogP contribution in [0.15, 0.2) is 71.6 Å². The van der Waals surface area contributed by atoms with Crippen LogP contribution in [-0.4, -0.2) is 18.4 Å². The molecule has 152 valence electrons. The molecule has 0 aliphatic rings. The highest BCUT2D eigenvalue weighted by Crippen LogP contribution is 2.29. The van der Waals surface area contributed by atoms with Crippen LogP contribution in [0.3, 0.4) is 0 Å². The maximum Gasteiger partial charge on any atom is 0.263 e. The van der Waals surface area contributed by atoms with E-state index in [-0.39, 0.29) is 26.6 Å². The van der Waals surface area contributed by atoms with Gasteiger partial charge in [0.1, 0.15) is 5.82 Å². The molecule has 0 spiro atoms. The third kappa shape index (κ3) is 4.30. The molecule has 0 radical (unpaired) electrons. The number of halogens is 3. The Kier molecular flexibility index (Phi) is 5.46. The van der Waals surface area contributed by atoms with Gasteiger partial charge in [0, 0.05) is 10.7 Å². The summed E-state index contributed by atoms with van der Waals surface area (Å²) in [6.45, 7) is 0. The van der Waals surface area contributed by atoms with Crippen LogP contribution in [0.25, 0.3) is 11.0 Å². The zero-order valence-electron chi connectivity index (χ0n) is 15.1. The van der Waals surface area contributed by atoms with E-state index >= 15 is 0 Å². The van der Waals surface area contributed by atoms with Crippen LogP contribution < -0.4 is 10.0 Å². The second-order valence-corrected chi connectivity index (χ2v) is 8.75. The number of anilines is 3. The number of para-hydroxylation sites is 2. The third-order valence-electron chi connectivity index (χ3n) is 4.09. The molecule has 3 aromatic carbocycles. The molecule has 0 bridgehead atoms. The van der Waals surface area contributed by atoms with Gasteiger partial charge in [-0.15, -0.1) is 0 Å². The monoisotopic (exact) mass is 462 g/mol. The van der Waals surface area contributed by atoms with Crippen molar-refractivity contribution in [2.24, 2.45) is 0 Å². The van der Waals surface area contributed by atoms with Crippen molar-refractivity contribution in [3.63, 3.8) is 0 Å². The van der Waals surface area contributed by atoms with Crippen LogP contribution >= 0.6 is 23.2 Å². The molecular weight excluding hydrogens is 450 g/mol. The van der Waals surface area contributed by atoms with Crippen molar-refractivity contribution in [2.45, 2.75) is 4.90 Å². The predicted octanol–water partition coefficient (Wildman–Crippen LogP) is 5.62.